The molecule has 0 aromatic heterocycles. The average Bonchev–Trinajstić information content (AvgIpc) is 2.24. The molecule has 1 fully saturated rings. The van der Waals surface area contributed by atoms with Crippen molar-refractivity contribution in [1.82, 2.24) is 10.6 Å². The highest BCUT2D eigenvalue weighted by Gasteiger charge is 2.30. The Labute approximate surface area is 106 Å². The van der Waals surface area contributed by atoms with Gasteiger partial charge in [0.25, 0.3) is 0 Å². The summed E-state index contributed by atoms with van der Waals surface area (Å²) in [6.45, 7) is 5.93. The predicted octanol–water partition coefficient (Wildman–Crippen LogP) is 1.00. The minimum absolute atomic E-state index is 0.0137. The molecule has 0 aromatic carbocycles. The molecule has 5 nitrogen and oxygen atoms in total. The molecule has 0 saturated carbocycles. The van der Waals surface area contributed by atoms with Crippen LogP contribution in [0.5, 0.6) is 0 Å². The second-order valence-electron chi connectivity index (χ2n) is 4.54. The molecular formula is C11H20N2O3S. The topological polar surface area (TPSA) is 78.4 Å². The van der Waals surface area contributed by atoms with Gasteiger partial charge in [0.2, 0.25) is 5.91 Å². The number of carbonyl (C=O) groups is 2. The molecule has 0 spiro atoms. The monoisotopic (exact) mass is 260 g/mol. The van der Waals surface area contributed by atoms with Crippen LogP contribution < -0.4 is 10.6 Å². The maximum absolute atomic E-state index is 11.5. The van der Waals surface area contributed by atoms with E-state index in [2.05, 4.69) is 10.6 Å². The van der Waals surface area contributed by atoms with Crippen molar-refractivity contribution in [2.45, 2.75) is 50.4 Å². The highest BCUT2D eigenvalue weighted by Crippen LogP contribution is 2.22. The van der Waals surface area contributed by atoms with Gasteiger partial charge < -0.3 is 10.4 Å². The summed E-state index contributed by atoms with van der Waals surface area (Å²) in [7, 11) is 0. The van der Waals surface area contributed by atoms with Crippen LogP contribution in [0.1, 0.15) is 33.6 Å². The number of amides is 1. The van der Waals surface area contributed by atoms with Gasteiger partial charge >= 0.3 is 5.97 Å². The van der Waals surface area contributed by atoms with E-state index < -0.39 is 11.2 Å². The van der Waals surface area contributed by atoms with Crippen LogP contribution in [0.25, 0.3) is 0 Å². The molecule has 0 radical (unpaired) electrons. The molecule has 0 bridgehead atoms. The van der Waals surface area contributed by atoms with Gasteiger partial charge in [-0.1, -0.05) is 20.8 Å². The van der Waals surface area contributed by atoms with Crippen molar-refractivity contribution in [3.8, 4) is 0 Å². The zero-order chi connectivity index (χ0) is 13.0. The summed E-state index contributed by atoms with van der Waals surface area (Å²) in [6, 6.07) is 0.118. The number of aliphatic carboxylic acids is 1. The van der Waals surface area contributed by atoms with Crippen molar-refractivity contribution in [2.75, 3.05) is 0 Å². The number of hydrogen-bond donors (Lipinski definition) is 3. The van der Waals surface area contributed by atoms with E-state index in [1.807, 2.05) is 20.8 Å². The third kappa shape index (κ3) is 4.20. The summed E-state index contributed by atoms with van der Waals surface area (Å²) < 4.78 is 0. The van der Waals surface area contributed by atoms with Gasteiger partial charge in [-0.15, -0.1) is 11.8 Å². The highest BCUT2D eigenvalue weighted by molar-refractivity contribution is 8.01. The van der Waals surface area contributed by atoms with E-state index >= 15 is 0 Å². The molecule has 6 heteroatoms. The maximum atomic E-state index is 11.5. The molecule has 3 unspecified atom stereocenters. The molecular weight excluding hydrogens is 240 g/mol. The summed E-state index contributed by atoms with van der Waals surface area (Å²) in [6.07, 6.45) is 0.999. The molecule has 0 aromatic rings. The van der Waals surface area contributed by atoms with E-state index in [-0.39, 0.29) is 17.4 Å². The standard InChI is InChI=1S/C11H20N2O3S/c1-4-8(10(15)16)17-11-12-7(6(2)3)5-9(14)13-11/h6-8,11-12H,4-5H2,1-3H3,(H,13,14)(H,15,16). The molecule has 17 heavy (non-hydrogen) atoms. The minimum Gasteiger partial charge on any atom is -0.480 e. The van der Waals surface area contributed by atoms with Crippen LogP contribution in [0, 0.1) is 5.92 Å². The number of carboxylic acid groups (broad SMARTS) is 1. The van der Waals surface area contributed by atoms with Crippen LogP contribution in [-0.4, -0.2) is 33.8 Å². The Morgan fingerprint density at radius 3 is 2.71 bits per heavy atom. The maximum Gasteiger partial charge on any atom is 0.316 e. The second kappa shape index (κ2) is 6.26. The summed E-state index contributed by atoms with van der Waals surface area (Å²) in [4.78, 5) is 22.5. The lowest BCUT2D eigenvalue weighted by Crippen LogP contribution is -2.57. The van der Waals surface area contributed by atoms with Crippen molar-refractivity contribution < 1.29 is 14.7 Å². The summed E-state index contributed by atoms with van der Waals surface area (Å²) in [5, 5.41) is 14.5. The van der Waals surface area contributed by atoms with Crippen molar-refractivity contribution in [2.24, 2.45) is 5.92 Å². The average molecular weight is 260 g/mol. The van der Waals surface area contributed by atoms with Gasteiger partial charge in [-0.3, -0.25) is 14.9 Å². The number of carbonyl (C=O) groups excluding carboxylic acids is 1. The lowest BCUT2D eigenvalue weighted by molar-refractivity contribution is -0.136. The molecule has 1 aliphatic rings. The van der Waals surface area contributed by atoms with Crippen molar-refractivity contribution >= 4 is 23.6 Å². The van der Waals surface area contributed by atoms with Gasteiger partial charge in [0, 0.05) is 12.5 Å². The van der Waals surface area contributed by atoms with Gasteiger partial charge in [-0.2, -0.15) is 0 Å². The summed E-state index contributed by atoms with van der Waals surface area (Å²) >= 11 is 1.26. The van der Waals surface area contributed by atoms with Gasteiger partial charge in [-0.25, -0.2) is 0 Å². The van der Waals surface area contributed by atoms with E-state index in [0.717, 1.165) is 0 Å². The molecule has 1 heterocycles. The highest BCUT2D eigenvalue weighted by atomic mass is 32.2. The first kappa shape index (κ1) is 14.3. The second-order valence-corrected chi connectivity index (χ2v) is 5.85. The quantitative estimate of drug-likeness (QED) is 0.687. The van der Waals surface area contributed by atoms with Crippen molar-refractivity contribution in [3.63, 3.8) is 0 Å². The number of carboxylic acids is 1. The number of hydrogen-bond acceptors (Lipinski definition) is 4. The Morgan fingerprint density at radius 1 is 1.59 bits per heavy atom. The number of thioether (sulfide) groups is 1. The first-order valence-electron chi connectivity index (χ1n) is 5.87. The Bertz CT molecular complexity index is 296. The molecule has 3 atom stereocenters. The summed E-state index contributed by atoms with van der Waals surface area (Å²) in [5.74, 6) is -0.491. The first-order chi connectivity index (χ1) is 7.93. The normalized spacial score (nSPS) is 26.7. The third-order valence-electron chi connectivity index (χ3n) is 2.81. The fourth-order valence-electron chi connectivity index (χ4n) is 1.69. The van der Waals surface area contributed by atoms with Crippen LogP contribution in [0.15, 0.2) is 0 Å². The molecule has 1 rings (SSSR count). The lowest BCUT2D eigenvalue weighted by Gasteiger charge is -2.34. The fourth-order valence-corrected chi connectivity index (χ4v) is 2.78. The van der Waals surface area contributed by atoms with E-state index in [9.17, 15) is 9.59 Å². The molecule has 98 valence electrons. The predicted molar refractivity (Wildman–Crippen MR) is 67.6 cm³/mol. The van der Waals surface area contributed by atoms with Gasteiger partial charge in [0.05, 0.1) is 0 Å². The molecule has 0 aliphatic carbocycles. The van der Waals surface area contributed by atoms with E-state index in [4.69, 9.17) is 5.11 Å². The first-order valence-corrected chi connectivity index (χ1v) is 6.82. The van der Waals surface area contributed by atoms with Crippen molar-refractivity contribution in [1.29, 1.82) is 0 Å². The number of nitrogens with one attached hydrogen (secondary N) is 2. The van der Waals surface area contributed by atoms with E-state index in [0.29, 0.717) is 18.8 Å². The zero-order valence-electron chi connectivity index (χ0n) is 10.4. The zero-order valence-corrected chi connectivity index (χ0v) is 11.2. The third-order valence-corrected chi connectivity index (χ3v) is 4.20. The Morgan fingerprint density at radius 2 is 2.24 bits per heavy atom. The van der Waals surface area contributed by atoms with Gasteiger partial charge in [-0.05, 0) is 12.3 Å². The van der Waals surface area contributed by atoms with Crippen LogP contribution in [0.4, 0.5) is 0 Å². The van der Waals surface area contributed by atoms with E-state index in [1.165, 1.54) is 11.8 Å². The molecule has 1 aliphatic heterocycles. The largest absolute Gasteiger partial charge is 0.480 e. The minimum atomic E-state index is -0.833. The SMILES string of the molecule is CCC(SC1NC(=O)CC(C(C)C)N1)C(=O)O. The molecule has 3 N–H and O–H groups in total. The molecule has 1 amide bonds. The van der Waals surface area contributed by atoms with Crippen molar-refractivity contribution in [3.05, 3.63) is 0 Å². The lowest BCUT2D eigenvalue weighted by atomic mass is 10.00. The van der Waals surface area contributed by atoms with Crippen LogP contribution in [-0.2, 0) is 9.59 Å². The Hall–Kier alpha value is -0.750. The van der Waals surface area contributed by atoms with Crippen LogP contribution in [0.2, 0.25) is 0 Å². The van der Waals surface area contributed by atoms with Crippen LogP contribution >= 0.6 is 11.8 Å². The smallest absolute Gasteiger partial charge is 0.316 e. The Kier molecular flexibility index (Phi) is 5.27. The number of rotatable bonds is 5. The molecule has 1 saturated heterocycles. The Balaban J connectivity index is 2.58. The van der Waals surface area contributed by atoms with E-state index in [1.54, 1.807) is 0 Å². The fraction of sp³-hybridized carbons (Fsp3) is 0.818. The van der Waals surface area contributed by atoms with Gasteiger partial charge in [0.1, 0.15) is 10.7 Å². The summed E-state index contributed by atoms with van der Waals surface area (Å²) in [5.41, 5.74) is -0.301. The van der Waals surface area contributed by atoms with Gasteiger partial charge in [0.15, 0.2) is 0 Å². The van der Waals surface area contributed by atoms with Crippen LogP contribution in [0.3, 0.4) is 0 Å².